The van der Waals surface area contributed by atoms with Crippen molar-refractivity contribution < 1.29 is 23.2 Å². The van der Waals surface area contributed by atoms with Crippen molar-refractivity contribution in [3.8, 4) is 0 Å². The summed E-state index contributed by atoms with van der Waals surface area (Å²) in [5.74, 6) is -0.199. The Balaban J connectivity index is 1.94. The van der Waals surface area contributed by atoms with Crippen molar-refractivity contribution in [3.63, 3.8) is 0 Å². The van der Waals surface area contributed by atoms with E-state index in [-0.39, 0.29) is 23.7 Å². The van der Waals surface area contributed by atoms with E-state index in [2.05, 4.69) is 0 Å². The molecule has 1 aliphatic rings. The average Bonchev–Trinajstić information content (AvgIpc) is 2.88. The second-order valence-corrected chi connectivity index (χ2v) is 7.75. The van der Waals surface area contributed by atoms with Gasteiger partial charge in [-0.05, 0) is 46.8 Å². The van der Waals surface area contributed by atoms with Crippen molar-refractivity contribution >= 4 is 28.1 Å². The van der Waals surface area contributed by atoms with E-state index in [1.807, 2.05) is 0 Å². The molecule has 24 heavy (non-hydrogen) atoms. The number of hydrogen-bond donors (Lipinski definition) is 3. The molecule has 0 fully saturated rings. The van der Waals surface area contributed by atoms with Crippen LogP contribution >= 0.6 is 0 Å². The molecule has 2 aromatic rings. The molecule has 2 aromatic carbocycles. The molecule has 126 valence electrons. The van der Waals surface area contributed by atoms with Crippen LogP contribution < -0.4 is 11.2 Å². The molecule has 8 heteroatoms. The van der Waals surface area contributed by atoms with Crippen LogP contribution in [-0.4, -0.2) is 32.3 Å². The van der Waals surface area contributed by atoms with Gasteiger partial charge in [-0.2, -0.15) is 0 Å². The van der Waals surface area contributed by atoms with Gasteiger partial charge in [0.05, 0.1) is 17.3 Å². The lowest BCUT2D eigenvalue weighted by Gasteiger charge is -2.11. The maximum atomic E-state index is 12.8. The third-order valence-electron chi connectivity index (χ3n) is 4.03. The molecular weight excluding hydrogens is 329 g/mol. The largest absolute Gasteiger partial charge is 0.491 e. The van der Waals surface area contributed by atoms with Gasteiger partial charge in [-0.1, -0.05) is 18.2 Å². The van der Waals surface area contributed by atoms with Gasteiger partial charge in [-0.25, -0.2) is 8.42 Å². The van der Waals surface area contributed by atoms with Crippen LogP contribution in [0.1, 0.15) is 16.7 Å². The Morgan fingerprint density at radius 3 is 2.75 bits per heavy atom. The van der Waals surface area contributed by atoms with E-state index >= 15 is 0 Å². The Bertz CT molecular complexity index is 869. The number of nitrogen functional groups attached to an aromatic ring is 1. The zero-order valence-corrected chi connectivity index (χ0v) is 13.8. The quantitative estimate of drug-likeness (QED) is 0.519. The standard InChI is InChI=1S/C16H18BNO5S/c18-14-3-4-16(12(8-14)5-6-19)24(21,22)10-11-1-2-13-9-23-17(20)15(13)7-11/h1-4,7-8,19-20H,5-6,9-10,18H2. The zero-order chi connectivity index (χ0) is 17.3. The molecule has 0 spiro atoms. The smallest absolute Gasteiger partial charge is 0.423 e. The molecule has 0 aromatic heterocycles. The number of sulfone groups is 1. The van der Waals surface area contributed by atoms with Crippen molar-refractivity contribution in [1.82, 2.24) is 0 Å². The maximum Gasteiger partial charge on any atom is 0.491 e. The van der Waals surface area contributed by atoms with Gasteiger partial charge in [0, 0.05) is 12.3 Å². The fraction of sp³-hybridized carbons (Fsp3) is 0.250. The third-order valence-corrected chi connectivity index (χ3v) is 5.81. The maximum absolute atomic E-state index is 12.8. The molecule has 0 aliphatic carbocycles. The van der Waals surface area contributed by atoms with Crippen molar-refractivity contribution in [1.29, 1.82) is 0 Å². The van der Waals surface area contributed by atoms with Gasteiger partial charge in [-0.15, -0.1) is 0 Å². The van der Waals surface area contributed by atoms with E-state index in [1.54, 1.807) is 24.3 Å². The van der Waals surface area contributed by atoms with Gasteiger partial charge in [-0.3, -0.25) is 0 Å². The Morgan fingerprint density at radius 2 is 2.00 bits per heavy atom. The van der Waals surface area contributed by atoms with Crippen LogP contribution in [0.2, 0.25) is 0 Å². The molecule has 4 N–H and O–H groups in total. The van der Waals surface area contributed by atoms with Crippen molar-refractivity contribution in [3.05, 3.63) is 53.1 Å². The summed E-state index contributed by atoms with van der Waals surface area (Å²) < 4.78 is 30.7. The van der Waals surface area contributed by atoms with Crippen LogP contribution in [-0.2, 0) is 33.3 Å². The fourth-order valence-corrected chi connectivity index (χ4v) is 4.48. The lowest BCUT2D eigenvalue weighted by molar-refractivity contribution is 0.275. The van der Waals surface area contributed by atoms with Gasteiger partial charge < -0.3 is 20.5 Å². The van der Waals surface area contributed by atoms with Crippen LogP contribution in [0.3, 0.4) is 0 Å². The highest BCUT2D eigenvalue weighted by molar-refractivity contribution is 7.90. The summed E-state index contributed by atoms with van der Waals surface area (Å²) >= 11 is 0. The highest BCUT2D eigenvalue weighted by Gasteiger charge is 2.28. The van der Waals surface area contributed by atoms with Crippen molar-refractivity contribution in [2.75, 3.05) is 12.3 Å². The zero-order valence-electron chi connectivity index (χ0n) is 13.0. The molecule has 0 radical (unpaired) electrons. The third kappa shape index (κ3) is 3.32. The van der Waals surface area contributed by atoms with Gasteiger partial charge in [0.25, 0.3) is 0 Å². The number of hydrogen-bond acceptors (Lipinski definition) is 6. The Hall–Kier alpha value is -1.87. The summed E-state index contributed by atoms with van der Waals surface area (Å²) in [6.07, 6.45) is 0.219. The highest BCUT2D eigenvalue weighted by Crippen LogP contribution is 2.24. The predicted molar refractivity (Wildman–Crippen MR) is 91.4 cm³/mol. The summed E-state index contributed by atoms with van der Waals surface area (Å²) in [5, 5.41) is 18.9. The van der Waals surface area contributed by atoms with E-state index in [1.165, 1.54) is 12.1 Å². The first-order valence-corrected chi connectivity index (χ1v) is 9.19. The number of aliphatic hydroxyl groups is 1. The molecule has 3 rings (SSSR count). The second-order valence-electron chi connectivity index (χ2n) is 5.80. The first kappa shape index (κ1) is 17.0. The van der Waals surface area contributed by atoms with E-state index in [9.17, 15) is 13.4 Å². The molecule has 6 nitrogen and oxygen atoms in total. The first-order chi connectivity index (χ1) is 11.4. The van der Waals surface area contributed by atoms with Crippen LogP contribution in [0.25, 0.3) is 0 Å². The highest BCUT2D eigenvalue weighted by atomic mass is 32.2. The van der Waals surface area contributed by atoms with Crippen LogP contribution in [0.15, 0.2) is 41.3 Å². The molecule has 0 unspecified atom stereocenters. The number of anilines is 1. The normalized spacial score (nSPS) is 14.0. The molecule has 1 heterocycles. The second kappa shape index (κ2) is 6.56. The number of fused-ring (bicyclic) bond motifs is 1. The molecule has 0 bridgehead atoms. The van der Waals surface area contributed by atoms with Crippen LogP contribution in [0.5, 0.6) is 0 Å². The van der Waals surface area contributed by atoms with Crippen LogP contribution in [0, 0.1) is 0 Å². The summed E-state index contributed by atoms with van der Waals surface area (Å²) in [6, 6.07) is 9.74. The van der Waals surface area contributed by atoms with Crippen LogP contribution in [0.4, 0.5) is 5.69 Å². The predicted octanol–water partition coefficient (Wildman–Crippen LogP) is -0.00480. The Kier molecular flexibility index (Phi) is 4.64. The van der Waals surface area contributed by atoms with Gasteiger partial charge >= 0.3 is 7.12 Å². The number of rotatable bonds is 5. The summed E-state index contributed by atoms with van der Waals surface area (Å²) in [6.45, 7) is 0.163. The average molecular weight is 347 g/mol. The summed E-state index contributed by atoms with van der Waals surface area (Å²) in [4.78, 5) is 0.169. The van der Waals surface area contributed by atoms with E-state index in [4.69, 9.17) is 15.5 Å². The monoisotopic (exact) mass is 347 g/mol. The Morgan fingerprint density at radius 1 is 1.21 bits per heavy atom. The number of benzene rings is 2. The van der Waals surface area contributed by atoms with Crippen molar-refractivity contribution in [2.24, 2.45) is 0 Å². The fourth-order valence-electron chi connectivity index (χ4n) is 2.87. The number of nitrogens with two attached hydrogens (primary N) is 1. The molecule has 0 saturated carbocycles. The molecule has 0 amide bonds. The molecule has 0 atom stereocenters. The minimum Gasteiger partial charge on any atom is -0.423 e. The first-order valence-electron chi connectivity index (χ1n) is 7.54. The van der Waals surface area contributed by atoms with Gasteiger partial charge in [0.1, 0.15) is 0 Å². The minimum absolute atomic E-state index is 0.158. The number of aliphatic hydroxyl groups excluding tert-OH is 1. The summed E-state index contributed by atoms with van der Waals surface area (Å²) in [7, 11) is -4.62. The molecule has 0 saturated heterocycles. The molecule has 1 aliphatic heterocycles. The van der Waals surface area contributed by atoms with E-state index in [0.717, 1.165) is 5.56 Å². The van der Waals surface area contributed by atoms with Gasteiger partial charge in [0.15, 0.2) is 9.84 Å². The minimum atomic E-state index is -3.61. The molecular formula is C16H18BNO5S. The Labute approximate surface area is 141 Å². The van der Waals surface area contributed by atoms with Crippen molar-refractivity contribution in [2.45, 2.75) is 23.7 Å². The van der Waals surface area contributed by atoms with E-state index in [0.29, 0.717) is 28.9 Å². The lowest BCUT2D eigenvalue weighted by Crippen LogP contribution is -2.28. The van der Waals surface area contributed by atoms with Gasteiger partial charge in [0.2, 0.25) is 0 Å². The summed E-state index contributed by atoms with van der Waals surface area (Å²) in [5.41, 5.74) is 8.71. The SMILES string of the molecule is Nc1ccc(S(=O)(=O)Cc2ccc3c(c2)B(O)OC3)c(CCO)c1. The topological polar surface area (TPSA) is 110 Å². The van der Waals surface area contributed by atoms with E-state index < -0.39 is 17.0 Å². The lowest BCUT2D eigenvalue weighted by atomic mass is 9.79.